The molecule has 0 aromatic heterocycles. The van der Waals surface area contributed by atoms with Gasteiger partial charge in [0.05, 0.1) is 35.7 Å². The molecule has 6 nitrogen and oxygen atoms in total. The molecule has 0 saturated heterocycles. The topological polar surface area (TPSA) is 80.2 Å². The van der Waals surface area contributed by atoms with Crippen molar-refractivity contribution in [2.24, 2.45) is 5.10 Å². The third-order valence-electron chi connectivity index (χ3n) is 3.18. The van der Waals surface area contributed by atoms with Crippen LogP contribution >= 0.6 is 11.6 Å². The van der Waals surface area contributed by atoms with Crippen LogP contribution in [0.15, 0.2) is 41.5 Å². The highest BCUT2D eigenvalue weighted by atomic mass is 35.5. The van der Waals surface area contributed by atoms with E-state index in [-0.39, 0.29) is 11.7 Å². The Morgan fingerprint density at radius 3 is 2.72 bits per heavy atom. The van der Waals surface area contributed by atoms with Crippen molar-refractivity contribution >= 4 is 29.5 Å². The summed E-state index contributed by atoms with van der Waals surface area (Å²) in [5.41, 5.74) is 3.98. The molecule has 7 heteroatoms. The smallest absolute Gasteiger partial charge is 0.335 e. The van der Waals surface area contributed by atoms with E-state index in [9.17, 15) is 4.79 Å². The van der Waals surface area contributed by atoms with E-state index in [1.54, 1.807) is 19.4 Å². The summed E-state index contributed by atoms with van der Waals surface area (Å²) in [7, 11) is 1.57. The Bertz CT molecular complexity index is 791. The van der Waals surface area contributed by atoms with E-state index in [0.29, 0.717) is 27.8 Å². The average Bonchev–Trinajstić information content (AvgIpc) is 2.57. The van der Waals surface area contributed by atoms with Gasteiger partial charge in [0.25, 0.3) is 0 Å². The van der Waals surface area contributed by atoms with Crippen LogP contribution in [0.2, 0.25) is 5.02 Å². The van der Waals surface area contributed by atoms with Gasteiger partial charge in [-0.1, -0.05) is 17.7 Å². The minimum atomic E-state index is -1.04. The molecule has 0 spiro atoms. The molecule has 0 amide bonds. The number of rotatable bonds is 7. The van der Waals surface area contributed by atoms with Gasteiger partial charge >= 0.3 is 5.97 Å². The number of hydrazone groups is 1. The Kier molecular flexibility index (Phi) is 6.25. The van der Waals surface area contributed by atoms with Crippen molar-refractivity contribution in [2.45, 2.75) is 20.0 Å². The number of benzene rings is 2. The van der Waals surface area contributed by atoms with Crippen molar-refractivity contribution in [3.8, 4) is 11.5 Å². The fraction of sp³-hybridized carbons (Fsp3) is 0.222. The number of ether oxygens (including phenoxy) is 2. The molecule has 0 saturated carbocycles. The molecule has 25 heavy (non-hydrogen) atoms. The second-order valence-electron chi connectivity index (χ2n) is 5.42. The van der Waals surface area contributed by atoms with Gasteiger partial charge in [0.2, 0.25) is 0 Å². The maximum atomic E-state index is 11.0. The number of nitrogens with one attached hydrogen (secondary N) is 1. The summed E-state index contributed by atoms with van der Waals surface area (Å²) in [6, 6.07) is 9.80. The molecule has 2 aromatic rings. The van der Waals surface area contributed by atoms with Crippen LogP contribution < -0.4 is 14.9 Å². The first-order valence-corrected chi connectivity index (χ1v) is 7.95. The first kappa shape index (κ1) is 18.6. The van der Waals surface area contributed by atoms with E-state index in [4.69, 9.17) is 26.2 Å². The molecule has 0 aliphatic carbocycles. The first-order valence-electron chi connectivity index (χ1n) is 7.58. The van der Waals surface area contributed by atoms with Gasteiger partial charge in [0.1, 0.15) is 0 Å². The number of aromatic carboxylic acids is 1. The number of hydrogen-bond donors (Lipinski definition) is 2. The van der Waals surface area contributed by atoms with E-state index in [1.807, 2.05) is 26.0 Å². The minimum Gasteiger partial charge on any atom is -0.493 e. The van der Waals surface area contributed by atoms with Gasteiger partial charge in [-0.3, -0.25) is 5.43 Å². The van der Waals surface area contributed by atoms with Crippen LogP contribution in [0.1, 0.15) is 29.8 Å². The second kappa shape index (κ2) is 8.39. The Hall–Kier alpha value is -2.73. The number of carbonyl (C=O) groups is 1. The minimum absolute atomic E-state index is 0.0295. The number of nitrogens with zero attached hydrogens (tertiary/aromatic N) is 1. The van der Waals surface area contributed by atoms with Crippen LogP contribution in [-0.2, 0) is 0 Å². The fourth-order valence-corrected chi connectivity index (χ4v) is 2.23. The van der Waals surface area contributed by atoms with Crippen LogP contribution in [0, 0.1) is 0 Å². The van der Waals surface area contributed by atoms with Crippen molar-refractivity contribution in [1.29, 1.82) is 0 Å². The second-order valence-corrected chi connectivity index (χ2v) is 5.82. The lowest BCUT2D eigenvalue weighted by atomic mass is 10.2. The number of carboxylic acids is 1. The monoisotopic (exact) mass is 362 g/mol. The average molecular weight is 363 g/mol. The van der Waals surface area contributed by atoms with Crippen molar-refractivity contribution in [2.75, 3.05) is 12.5 Å². The number of hydrogen-bond acceptors (Lipinski definition) is 5. The van der Waals surface area contributed by atoms with Crippen LogP contribution in [0.25, 0.3) is 0 Å². The maximum absolute atomic E-state index is 11.0. The maximum Gasteiger partial charge on any atom is 0.335 e. The van der Waals surface area contributed by atoms with Crippen LogP contribution in [0.3, 0.4) is 0 Å². The normalized spacial score (nSPS) is 10.9. The van der Waals surface area contributed by atoms with E-state index in [2.05, 4.69) is 10.5 Å². The summed E-state index contributed by atoms with van der Waals surface area (Å²) in [4.78, 5) is 11.0. The molecule has 0 aliphatic rings. The van der Waals surface area contributed by atoms with Crippen molar-refractivity contribution in [3.05, 3.63) is 52.5 Å². The van der Waals surface area contributed by atoms with E-state index < -0.39 is 5.97 Å². The summed E-state index contributed by atoms with van der Waals surface area (Å²) in [5.74, 6) is 0.142. The number of carboxylic acid groups (broad SMARTS) is 1. The Morgan fingerprint density at radius 2 is 2.08 bits per heavy atom. The fourth-order valence-electron chi connectivity index (χ4n) is 2.07. The standard InChI is InChI=1S/C18H19ClN2O4/c1-11(2)25-17-13(5-4-6-16(17)24-3)10-20-21-15-9-12(18(22)23)7-8-14(15)19/h4-11,21H,1-3H3,(H,22,23)/b20-10-. The van der Waals surface area contributed by atoms with Gasteiger partial charge in [-0.25, -0.2) is 4.79 Å². The van der Waals surface area contributed by atoms with Crippen LogP contribution in [-0.4, -0.2) is 30.5 Å². The zero-order chi connectivity index (χ0) is 18.4. The zero-order valence-electron chi connectivity index (χ0n) is 14.1. The number of methoxy groups -OCH3 is 1. The van der Waals surface area contributed by atoms with Crippen LogP contribution in [0.4, 0.5) is 5.69 Å². The van der Waals surface area contributed by atoms with Crippen molar-refractivity contribution in [3.63, 3.8) is 0 Å². The quantitative estimate of drug-likeness (QED) is 0.567. The predicted octanol–water partition coefficient (Wildman–Crippen LogP) is 4.28. The lowest BCUT2D eigenvalue weighted by Crippen LogP contribution is -2.09. The number of para-hydroxylation sites is 1. The molecule has 0 fully saturated rings. The summed E-state index contributed by atoms with van der Waals surface area (Å²) >= 11 is 6.06. The summed E-state index contributed by atoms with van der Waals surface area (Å²) in [6.07, 6.45) is 1.53. The zero-order valence-corrected chi connectivity index (χ0v) is 14.9. The predicted molar refractivity (Wildman–Crippen MR) is 98.4 cm³/mol. The molecular formula is C18H19ClN2O4. The van der Waals surface area contributed by atoms with Gasteiger partial charge in [0, 0.05) is 5.56 Å². The Morgan fingerprint density at radius 1 is 1.32 bits per heavy atom. The molecule has 2 aromatic carbocycles. The lowest BCUT2D eigenvalue weighted by Gasteiger charge is -2.15. The van der Waals surface area contributed by atoms with E-state index in [1.165, 1.54) is 18.2 Å². The third-order valence-corrected chi connectivity index (χ3v) is 3.51. The number of halogens is 1. The summed E-state index contributed by atoms with van der Waals surface area (Å²) < 4.78 is 11.1. The molecule has 0 aliphatic heterocycles. The molecule has 132 valence electrons. The van der Waals surface area contributed by atoms with Crippen molar-refractivity contribution < 1.29 is 19.4 Å². The molecule has 0 radical (unpaired) electrons. The molecule has 2 rings (SSSR count). The van der Waals surface area contributed by atoms with Gasteiger partial charge in [-0.15, -0.1) is 0 Å². The van der Waals surface area contributed by atoms with Gasteiger partial charge in [-0.2, -0.15) is 5.10 Å². The largest absolute Gasteiger partial charge is 0.493 e. The SMILES string of the molecule is COc1cccc(/C=N\Nc2cc(C(=O)O)ccc2Cl)c1OC(C)C. The Balaban J connectivity index is 2.25. The van der Waals surface area contributed by atoms with Crippen molar-refractivity contribution in [1.82, 2.24) is 0 Å². The third kappa shape index (κ3) is 4.87. The summed E-state index contributed by atoms with van der Waals surface area (Å²) in [6.45, 7) is 3.84. The lowest BCUT2D eigenvalue weighted by molar-refractivity contribution is 0.0697. The van der Waals surface area contributed by atoms with E-state index in [0.717, 1.165) is 0 Å². The van der Waals surface area contributed by atoms with Gasteiger partial charge < -0.3 is 14.6 Å². The molecule has 0 atom stereocenters. The van der Waals surface area contributed by atoms with Gasteiger partial charge in [0.15, 0.2) is 11.5 Å². The molecule has 0 unspecified atom stereocenters. The summed E-state index contributed by atoms with van der Waals surface area (Å²) in [5, 5.41) is 13.5. The molecule has 0 bridgehead atoms. The van der Waals surface area contributed by atoms with Crippen LogP contribution in [0.5, 0.6) is 11.5 Å². The first-order chi connectivity index (χ1) is 11.9. The molecule has 2 N–H and O–H groups in total. The molecule has 0 heterocycles. The highest BCUT2D eigenvalue weighted by molar-refractivity contribution is 6.33. The van der Waals surface area contributed by atoms with E-state index >= 15 is 0 Å². The van der Waals surface area contributed by atoms with Gasteiger partial charge in [-0.05, 0) is 44.2 Å². The highest BCUT2D eigenvalue weighted by Crippen LogP contribution is 2.31. The Labute approximate surface area is 151 Å². The highest BCUT2D eigenvalue weighted by Gasteiger charge is 2.11. The number of anilines is 1. The molecular weight excluding hydrogens is 344 g/mol.